The number of fused-ring (bicyclic) bond motifs is 1. The summed E-state index contributed by atoms with van der Waals surface area (Å²) in [5.41, 5.74) is 1.05. The lowest BCUT2D eigenvalue weighted by atomic mass is 10.2. The van der Waals surface area contributed by atoms with E-state index < -0.39 is 5.25 Å². The molecular weight excluding hydrogens is 434 g/mol. The molecule has 31 heavy (non-hydrogen) atoms. The first-order chi connectivity index (χ1) is 14.9. The normalized spacial score (nSPS) is 12.3. The minimum absolute atomic E-state index is 0.114. The number of ether oxygens (including phenoxy) is 1. The molecule has 1 heterocycles. The van der Waals surface area contributed by atoms with Crippen LogP contribution in [0.5, 0.6) is 0 Å². The van der Waals surface area contributed by atoms with Gasteiger partial charge in [0, 0.05) is 13.2 Å². The SMILES string of the molecule is CC(C)OCCCn1c(SC(C)C(=O)Nc2ccccc2Cl)nc2ccccc2c1=O. The molecule has 1 unspecified atom stereocenters. The maximum atomic E-state index is 13.1. The van der Waals surface area contributed by atoms with E-state index in [0.717, 1.165) is 0 Å². The molecule has 164 valence electrons. The molecule has 2 aromatic carbocycles. The number of carbonyl (C=O) groups excluding carboxylic acids is 1. The number of nitrogens with zero attached hydrogens (tertiary/aromatic N) is 2. The molecule has 1 atom stereocenters. The largest absolute Gasteiger partial charge is 0.379 e. The quantitative estimate of drug-likeness (QED) is 0.277. The summed E-state index contributed by atoms with van der Waals surface area (Å²) < 4.78 is 7.24. The summed E-state index contributed by atoms with van der Waals surface area (Å²) in [4.78, 5) is 30.5. The van der Waals surface area contributed by atoms with E-state index in [1.54, 1.807) is 41.8 Å². The molecule has 0 radical (unpaired) electrons. The molecule has 3 aromatic rings. The van der Waals surface area contributed by atoms with E-state index >= 15 is 0 Å². The zero-order valence-corrected chi connectivity index (χ0v) is 19.4. The average molecular weight is 460 g/mol. The van der Waals surface area contributed by atoms with Crippen molar-refractivity contribution in [2.75, 3.05) is 11.9 Å². The number of hydrogen-bond donors (Lipinski definition) is 1. The lowest BCUT2D eigenvalue weighted by Gasteiger charge is -2.17. The molecule has 0 aliphatic heterocycles. The fourth-order valence-electron chi connectivity index (χ4n) is 2.99. The van der Waals surface area contributed by atoms with Crippen molar-refractivity contribution in [3.8, 4) is 0 Å². The lowest BCUT2D eigenvalue weighted by Crippen LogP contribution is -2.27. The van der Waals surface area contributed by atoms with E-state index in [9.17, 15) is 9.59 Å². The van der Waals surface area contributed by atoms with Crippen LogP contribution in [0.2, 0.25) is 5.02 Å². The highest BCUT2D eigenvalue weighted by atomic mass is 35.5. The van der Waals surface area contributed by atoms with Crippen LogP contribution in [0, 0.1) is 0 Å². The zero-order valence-electron chi connectivity index (χ0n) is 17.8. The summed E-state index contributed by atoms with van der Waals surface area (Å²) in [5.74, 6) is -0.213. The molecule has 0 bridgehead atoms. The van der Waals surface area contributed by atoms with Gasteiger partial charge < -0.3 is 10.1 Å². The van der Waals surface area contributed by atoms with Crippen LogP contribution in [0.3, 0.4) is 0 Å². The third-order valence-corrected chi connectivity index (χ3v) is 6.01. The van der Waals surface area contributed by atoms with Crippen molar-refractivity contribution in [2.24, 2.45) is 0 Å². The number of thioether (sulfide) groups is 1. The van der Waals surface area contributed by atoms with E-state index in [-0.39, 0.29) is 17.6 Å². The summed E-state index contributed by atoms with van der Waals surface area (Å²) >= 11 is 7.40. The third-order valence-electron chi connectivity index (χ3n) is 4.59. The van der Waals surface area contributed by atoms with Gasteiger partial charge in [0.2, 0.25) is 5.91 Å². The first kappa shape index (κ1) is 23.3. The predicted octanol–water partition coefficient (Wildman–Crippen LogP) is 4.98. The molecule has 0 spiro atoms. The van der Waals surface area contributed by atoms with E-state index in [1.807, 2.05) is 32.0 Å². The summed E-state index contributed by atoms with van der Waals surface area (Å²) in [6.07, 6.45) is 0.806. The van der Waals surface area contributed by atoms with Crippen molar-refractivity contribution in [1.29, 1.82) is 0 Å². The summed E-state index contributed by atoms with van der Waals surface area (Å²) in [6, 6.07) is 14.3. The van der Waals surface area contributed by atoms with Gasteiger partial charge in [0.1, 0.15) is 0 Å². The van der Waals surface area contributed by atoms with E-state index in [1.165, 1.54) is 11.8 Å². The number of hydrogen-bond acceptors (Lipinski definition) is 5. The Labute approximate surface area is 191 Å². The van der Waals surface area contributed by atoms with Crippen molar-refractivity contribution in [1.82, 2.24) is 9.55 Å². The lowest BCUT2D eigenvalue weighted by molar-refractivity contribution is -0.115. The van der Waals surface area contributed by atoms with Crippen molar-refractivity contribution in [2.45, 2.75) is 50.2 Å². The van der Waals surface area contributed by atoms with Gasteiger partial charge in [-0.2, -0.15) is 0 Å². The molecular formula is C23H26ClN3O3S. The van der Waals surface area contributed by atoms with Gasteiger partial charge in [-0.15, -0.1) is 0 Å². The van der Waals surface area contributed by atoms with Gasteiger partial charge in [0.25, 0.3) is 5.56 Å². The van der Waals surface area contributed by atoms with Gasteiger partial charge in [-0.05, 0) is 51.5 Å². The number of halogens is 1. The van der Waals surface area contributed by atoms with Gasteiger partial charge in [-0.25, -0.2) is 4.98 Å². The Balaban J connectivity index is 1.83. The smallest absolute Gasteiger partial charge is 0.262 e. The fourth-order valence-corrected chi connectivity index (χ4v) is 4.10. The second kappa shape index (κ2) is 10.8. The van der Waals surface area contributed by atoms with E-state index in [4.69, 9.17) is 16.3 Å². The molecule has 8 heteroatoms. The number of rotatable bonds is 9. The highest BCUT2D eigenvalue weighted by Gasteiger charge is 2.20. The monoisotopic (exact) mass is 459 g/mol. The average Bonchev–Trinajstić information content (AvgIpc) is 2.74. The van der Waals surface area contributed by atoms with Gasteiger partial charge in [-0.3, -0.25) is 14.2 Å². The Bertz CT molecular complexity index is 1120. The molecule has 0 saturated heterocycles. The van der Waals surface area contributed by atoms with Crippen molar-refractivity contribution >= 4 is 45.9 Å². The van der Waals surface area contributed by atoms with Crippen molar-refractivity contribution < 1.29 is 9.53 Å². The molecule has 0 saturated carbocycles. The summed E-state index contributed by atoms with van der Waals surface area (Å²) in [5, 5.41) is 3.90. The fraction of sp³-hybridized carbons (Fsp3) is 0.348. The summed E-state index contributed by atoms with van der Waals surface area (Å²) in [6.45, 7) is 6.74. The maximum Gasteiger partial charge on any atom is 0.262 e. The Morgan fingerprint density at radius 1 is 1.16 bits per heavy atom. The van der Waals surface area contributed by atoms with Crippen LogP contribution < -0.4 is 10.9 Å². The van der Waals surface area contributed by atoms with Crippen molar-refractivity contribution in [3.63, 3.8) is 0 Å². The predicted molar refractivity (Wildman–Crippen MR) is 127 cm³/mol. The topological polar surface area (TPSA) is 73.2 Å². The molecule has 1 N–H and O–H groups in total. The first-order valence-electron chi connectivity index (χ1n) is 10.2. The molecule has 1 amide bonds. The zero-order chi connectivity index (χ0) is 22.4. The van der Waals surface area contributed by atoms with E-state index in [0.29, 0.717) is 46.3 Å². The second-order valence-electron chi connectivity index (χ2n) is 7.37. The molecule has 0 fully saturated rings. The molecule has 0 aliphatic carbocycles. The Morgan fingerprint density at radius 2 is 1.87 bits per heavy atom. The van der Waals surface area contributed by atoms with Crippen LogP contribution in [-0.4, -0.2) is 33.4 Å². The molecule has 6 nitrogen and oxygen atoms in total. The van der Waals surface area contributed by atoms with Crippen LogP contribution >= 0.6 is 23.4 Å². The Hall–Kier alpha value is -2.35. The number of aromatic nitrogens is 2. The van der Waals surface area contributed by atoms with Crippen LogP contribution in [0.4, 0.5) is 5.69 Å². The van der Waals surface area contributed by atoms with Gasteiger partial charge in [-0.1, -0.05) is 47.6 Å². The minimum atomic E-state index is -0.484. The van der Waals surface area contributed by atoms with Gasteiger partial charge >= 0.3 is 0 Å². The van der Waals surface area contributed by atoms with Crippen LogP contribution in [0.25, 0.3) is 10.9 Å². The number of carbonyl (C=O) groups is 1. The molecule has 3 rings (SSSR count). The Morgan fingerprint density at radius 3 is 2.61 bits per heavy atom. The number of nitrogens with one attached hydrogen (secondary N) is 1. The Kier molecular flexibility index (Phi) is 8.12. The van der Waals surface area contributed by atoms with Gasteiger partial charge in [0.05, 0.1) is 33.0 Å². The standard InChI is InChI=1S/C23H26ClN3O3S/c1-15(2)30-14-8-13-27-22(29)17-9-4-6-11-19(17)26-23(27)31-16(3)21(28)25-20-12-7-5-10-18(20)24/h4-7,9-12,15-16H,8,13-14H2,1-3H3,(H,25,28). The maximum absolute atomic E-state index is 13.1. The second-order valence-corrected chi connectivity index (χ2v) is 9.09. The highest BCUT2D eigenvalue weighted by molar-refractivity contribution is 8.00. The molecule has 0 aliphatic rings. The van der Waals surface area contributed by atoms with Crippen LogP contribution in [0.1, 0.15) is 27.2 Å². The minimum Gasteiger partial charge on any atom is -0.379 e. The third kappa shape index (κ3) is 6.09. The highest BCUT2D eigenvalue weighted by Crippen LogP contribution is 2.26. The van der Waals surface area contributed by atoms with Crippen molar-refractivity contribution in [3.05, 3.63) is 63.9 Å². The number of anilines is 1. The first-order valence-corrected chi connectivity index (χ1v) is 11.5. The van der Waals surface area contributed by atoms with E-state index in [2.05, 4.69) is 10.3 Å². The number of para-hydroxylation sites is 2. The number of amides is 1. The summed E-state index contributed by atoms with van der Waals surface area (Å²) in [7, 11) is 0. The molecule has 1 aromatic heterocycles. The van der Waals surface area contributed by atoms with Gasteiger partial charge in [0.15, 0.2) is 5.16 Å². The van der Waals surface area contributed by atoms with Crippen LogP contribution in [0.15, 0.2) is 58.5 Å². The van der Waals surface area contributed by atoms with Crippen LogP contribution in [-0.2, 0) is 16.1 Å². The number of benzene rings is 2.